The predicted octanol–water partition coefficient (Wildman–Crippen LogP) is 1.90. The molecule has 25 heavy (non-hydrogen) atoms. The maximum Gasteiger partial charge on any atom is 0.267 e. The number of nitrogens with one attached hydrogen (secondary N) is 1. The van der Waals surface area contributed by atoms with Crippen LogP contribution in [-0.2, 0) is 6.54 Å². The van der Waals surface area contributed by atoms with Crippen LogP contribution in [0, 0.1) is 0 Å². The van der Waals surface area contributed by atoms with Crippen molar-refractivity contribution < 1.29 is 4.79 Å². The Morgan fingerprint density at radius 3 is 2.68 bits per heavy atom. The van der Waals surface area contributed by atoms with Crippen LogP contribution < -0.4 is 16.6 Å². The first-order chi connectivity index (χ1) is 12.0. The number of aromatic nitrogens is 2. The highest BCUT2D eigenvalue weighted by atomic mass is 32.2. The Bertz CT molecular complexity index is 830. The minimum Gasteiger partial charge on any atom is -0.350 e. The van der Waals surface area contributed by atoms with E-state index in [-0.39, 0.29) is 23.7 Å². The summed E-state index contributed by atoms with van der Waals surface area (Å²) in [6.45, 7) is 5.12. The number of carbonyl (C=O) groups is 1. The summed E-state index contributed by atoms with van der Waals surface area (Å²) in [5.41, 5.74) is 8.13. The van der Waals surface area contributed by atoms with Gasteiger partial charge in [0, 0.05) is 31.1 Å². The van der Waals surface area contributed by atoms with E-state index in [1.807, 2.05) is 12.1 Å². The highest BCUT2D eigenvalue weighted by Gasteiger charge is 2.20. The molecular formula is C18H22N4O2S. The molecule has 1 aliphatic rings. The molecule has 2 heterocycles. The first kappa shape index (κ1) is 17.7. The summed E-state index contributed by atoms with van der Waals surface area (Å²) >= 11 is 1.52. The first-order valence-electron chi connectivity index (χ1n) is 8.33. The first-order valence-corrected chi connectivity index (χ1v) is 9.32. The van der Waals surface area contributed by atoms with E-state index in [0.717, 1.165) is 11.3 Å². The fraction of sp³-hybridized carbons (Fsp3) is 0.389. The van der Waals surface area contributed by atoms with Gasteiger partial charge in [-0.2, -0.15) is 0 Å². The number of nitrogens with two attached hydrogens (primary N) is 1. The molecule has 0 radical (unpaired) electrons. The van der Waals surface area contributed by atoms with Gasteiger partial charge in [0.05, 0.1) is 0 Å². The van der Waals surface area contributed by atoms with Gasteiger partial charge in [-0.25, -0.2) is 4.98 Å². The van der Waals surface area contributed by atoms with Gasteiger partial charge in [0.25, 0.3) is 11.5 Å². The molecule has 1 aromatic carbocycles. The number of carbonyl (C=O) groups excluding carboxylic acids is 1. The Hall–Kier alpha value is -2.12. The molecule has 0 saturated heterocycles. The van der Waals surface area contributed by atoms with Crippen LogP contribution >= 0.6 is 11.8 Å². The van der Waals surface area contributed by atoms with E-state index in [4.69, 9.17) is 5.73 Å². The molecule has 1 atom stereocenters. The summed E-state index contributed by atoms with van der Waals surface area (Å²) in [7, 11) is 0. The van der Waals surface area contributed by atoms with Crippen molar-refractivity contribution in [2.24, 2.45) is 5.73 Å². The van der Waals surface area contributed by atoms with Gasteiger partial charge in [-0.3, -0.25) is 14.2 Å². The molecule has 0 fully saturated rings. The highest BCUT2D eigenvalue weighted by molar-refractivity contribution is 7.99. The molecule has 0 bridgehead atoms. The Balaban J connectivity index is 1.65. The second-order valence-corrected chi connectivity index (χ2v) is 7.46. The number of thioether (sulfide) groups is 1. The quantitative estimate of drug-likeness (QED) is 0.797. The number of benzene rings is 1. The summed E-state index contributed by atoms with van der Waals surface area (Å²) in [4.78, 5) is 28.8. The molecule has 0 aliphatic carbocycles. The number of hydrogen-bond donors (Lipinski definition) is 2. The van der Waals surface area contributed by atoms with Crippen molar-refractivity contribution >= 4 is 17.7 Å². The second kappa shape index (κ2) is 7.41. The Kier molecular flexibility index (Phi) is 5.24. The molecule has 2 aromatic rings. The van der Waals surface area contributed by atoms with E-state index in [1.165, 1.54) is 23.5 Å². The van der Waals surface area contributed by atoms with Gasteiger partial charge in [0.2, 0.25) is 0 Å². The van der Waals surface area contributed by atoms with Crippen LogP contribution in [0.3, 0.4) is 0 Å². The minimum atomic E-state index is -0.432. The molecule has 3 rings (SSSR count). The Labute approximate surface area is 150 Å². The maximum atomic E-state index is 12.3. The van der Waals surface area contributed by atoms with Crippen molar-refractivity contribution in [3.8, 4) is 0 Å². The molecule has 3 N–H and O–H groups in total. The number of fused-ring (bicyclic) bond motifs is 1. The van der Waals surface area contributed by atoms with Crippen LogP contribution in [0.5, 0.6) is 0 Å². The van der Waals surface area contributed by atoms with Crippen molar-refractivity contribution in [3.63, 3.8) is 0 Å². The van der Waals surface area contributed by atoms with Crippen molar-refractivity contribution in [3.05, 3.63) is 57.5 Å². The molecule has 6 nitrogen and oxygen atoms in total. The van der Waals surface area contributed by atoms with Crippen LogP contribution in [0.25, 0.3) is 0 Å². The van der Waals surface area contributed by atoms with Gasteiger partial charge in [-0.05, 0) is 17.0 Å². The second-order valence-electron chi connectivity index (χ2n) is 6.40. The number of hydrogen-bond acceptors (Lipinski definition) is 5. The molecule has 0 spiro atoms. The minimum absolute atomic E-state index is 0.0635. The normalized spacial score (nSPS) is 14.4. The van der Waals surface area contributed by atoms with Gasteiger partial charge >= 0.3 is 0 Å². The van der Waals surface area contributed by atoms with E-state index in [0.29, 0.717) is 17.6 Å². The van der Waals surface area contributed by atoms with E-state index in [1.54, 1.807) is 4.57 Å². The molecule has 132 valence electrons. The third-order valence-corrected chi connectivity index (χ3v) is 5.29. The van der Waals surface area contributed by atoms with Crippen molar-refractivity contribution in [2.75, 3.05) is 12.3 Å². The Morgan fingerprint density at radius 1 is 1.32 bits per heavy atom. The lowest BCUT2D eigenvalue weighted by Crippen LogP contribution is -2.36. The zero-order valence-corrected chi connectivity index (χ0v) is 15.2. The lowest BCUT2D eigenvalue weighted by molar-refractivity contribution is 0.0948. The summed E-state index contributed by atoms with van der Waals surface area (Å²) < 4.78 is 1.55. The Morgan fingerprint density at radius 2 is 2.00 bits per heavy atom. The van der Waals surface area contributed by atoms with E-state index >= 15 is 0 Å². The van der Waals surface area contributed by atoms with Crippen LogP contribution in [0.4, 0.5) is 0 Å². The van der Waals surface area contributed by atoms with Gasteiger partial charge in [-0.15, -0.1) is 0 Å². The van der Waals surface area contributed by atoms with Crippen molar-refractivity contribution in [2.45, 2.75) is 37.5 Å². The highest BCUT2D eigenvalue weighted by Crippen LogP contribution is 2.20. The predicted molar refractivity (Wildman–Crippen MR) is 99.0 cm³/mol. The molecule has 1 aliphatic heterocycles. The van der Waals surface area contributed by atoms with Crippen LogP contribution in [-0.4, -0.2) is 27.8 Å². The lowest BCUT2D eigenvalue weighted by Gasteiger charge is -2.14. The molecule has 1 unspecified atom stereocenters. The maximum absolute atomic E-state index is 12.3. The van der Waals surface area contributed by atoms with Gasteiger partial charge in [-0.1, -0.05) is 49.9 Å². The molecule has 1 amide bonds. The van der Waals surface area contributed by atoms with Gasteiger partial charge in [0.15, 0.2) is 5.16 Å². The summed E-state index contributed by atoms with van der Waals surface area (Å²) in [6.07, 6.45) is 1.35. The number of nitrogens with zero attached hydrogens (tertiary/aromatic N) is 2. The van der Waals surface area contributed by atoms with Crippen LogP contribution in [0.1, 0.15) is 47.3 Å². The summed E-state index contributed by atoms with van der Waals surface area (Å²) in [5, 5.41) is 3.41. The SMILES string of the molecule is CC(C)c1ccc(C(N)CNC(=O)c2cnc3n(c2=O)CCS3)cc1. The molecule has 1 aromatic heterocycles. The fourth-order valence-electron chi connectivity index (χ4n) is 2.72. The number of rotatable bonds is 5. The lowest BCUT2D eigenvalue weighted by atomic mass is 9.99. The zero-order valence-electron chi connectivity index (χ0n) is 14.4. The largest absolute Gasteiger partial charge is 0.350 e. The number of amides is 1. The fourth-order valence-corrected chi connectivity index (χ4v) is 3.63. The van der Waals surface area contributed by atoms with E-state index < -0.39 is 5.91 Å². The summed E-state index contributed by atoms with van der Waals surface area (Å²) in [5.74, 6) is 0.840. The van der Waals surface area contributed by atoms with E-state index in [2.05, 4.69) is 36.3 Å². The summed E-state index contributed by atoms with van der Waals surface area (Å²) in [6, 6.07) is 7.74. The monoisotopic (exact) mass is 358 g/mol. The van der Waals surface area contributed by atoms with Crippen molar-refractivity contribution in [1.82, 2.24) is 14.9 Å². The van der Waals surface area contributed by atoms with Gasteiger partial charge < -0.3 is 11.1 Å². The van der Waals surface area contributed by atoms with E-state index in [9.17, 15) is 9.59 Å². The smallest absolute Gasteiger partial charge is 0.267 e. The van der Waals surface area contributed by atoms with Crippen LogP contribution in [0.2, 0.25) is 0 Å². The molecule has 0 saturated carbocycles. The molecular weight excluding hydrogens is 336 g/mol. The van der Waals surface area contributed by atoms with Crippen LogP contribution in [0.15, 0.2) is 40.4 Å². The molecule has 7 heteroatoms. The van der Waals surface area contributed by atoms with Gasteiger partial charge in [0.1, 0.15) is 5.56 Å². The average Bonchev–Trinajstić information content (AvgIpc) is 3.09. The zero-order chi connectivity index (χ0) is 18.0. The van der Waals surface area contributed by atoms with Crippen molar-refractivity contribution in [1.29, 1.82) is 0 Å². The standard InChI is InChI=1S/C18H22N4O2S/c1-11(2)12-3-5-13(6-4-12)15(19)10-20-16(23)14-9-21-18-22(17(14)24)7-8-25-18/h3-6,9,11,15H,7-8,10,19H2,1-2H3,(H,20,23). The third-order valence-electron chi connectivity index (χ3n) is 4.32. The third kappa shape index (κ3) is 3.77. The average molecular weight is 358 g/mol. The topological polar surface area (TPSA) is 90.0 Å².